The number of benzene rings is 2. The summed E-state index contributed by atoms with van der Waals surface area (Å²) in [4.78, 5) is 12.7. The summed E-state index contributed by atoms with van der Waals surface area (Å²) in [6, 6.07) is 15.1. The number of nitrogens with zero attached hydrogens (tertiary/aromatic N) is 1. The lowest BCUT2D eigenvalue weighted by molar-refractivity contribution is -0.274. The molecule has 152 valence electrons. The third kappa shape index (κ3) is 4.08. The first-order valence-electron chi connectivity index (χ1n) is 8.82. The van der Waals surface area contributed by atoms with Gasteiger partial charge in [-0.3, -0.25) is 4.79 Å². The Morgan fingerprint density at radius 3 is 2.53 bits per heavy atom. The van der Waals surface area contributed by atoms with Crippen LogP contribution < -0.4 is 10.1 Å². The number of fused-ring (bicyclic) bond motifs is 1. The van der Waals surface area contributed by atoms with E-state index in [1.807, 2.05) is 40.4 Å². The second-order valence-electron chi connectivity index (χ2n) is 6.36. The van der Waals surface area contributed by atoms with E-state index in [-0.39, 0.29) is 11.7 Å². The lowest BCUT2D eigenvalue weighted by atomic mass is 10.1. The lowest BCUT2D eigenvalue weighted by Crippen LogP contribution is -2.17. The molecule has 0 bridgehead atoms. The molecule has 0 aliphatic rings. The van der Waals surface area contributed by atoms with E-state index < -0.39 is 6.36 Å². The second kappa shape index (κ2) is 7.72. The van der Waals surface area contributed by atoms with Crippen molar-refractivity contribution in [1.29, 1.82) is 0 Å². The SMILES string of the molecule is C=CC(=O)Nc1ccc2c(c1)c(-c1cccs1)cn2-c1ccc(OC(F)(F)F)cc1. The van der Waals surface area contributed by atoms with Crippen LogP contribution in [0.25, 0.3) is 27.0 Å². The Hall–Kier alpha value is -3.52. The van der Waals surface area contributed by atoms with Crippen LogP contribution in [0.4, 0.5) is 18.9 Å². The van der Waals surface area contributed by atoms with Gasteiger partial charge in [-0.05, 0) is 60.0 Å². The monoisotopic (exact) mass is 428 g/mol. The first-order chi connectivity index (χ1) is 14.3. The molecule has 0 fully saturated rings. The maximum absolute atomic E-state index is 12.4. The number of thiophene rings is 1. The third-order valence-corrected chi connectivity index (χ3v) is 5.30. The van der Waals surface area contributed by atoms with E-state index >= 15 is 0 Å². The number of carbonyl (C=O) groups excluding carboxylic acids is 1. The highest BCUT2D eigenvalue weighted by Crippen LogP contribution is 2.37. The Morgan fingerprint density at radius 2 is 1.90 bits per heavy atom. The van der Waals surface area contributed by atoms with Crippen molar-refractivity contribution in [3.8, 4) is 21.9 Å². The summed E-state index contributed by atoms with van der Waals surface area (Å²) < 4.78 is 43.1. The molecule has 1 amide bonds. The molecule has 0 unspecified atom stereocenters. The number of aromatic nitrogens is 1. The van der Waals surface area contributed by atoms with Crippen molar-refractivity contribution in [2.24, 2.45) is 0 Å². The normalized spacial score (nSPS) is 11.4. The summed E-state index contributed by atoms with van der Waals surface area (Å²) in [5.41, 5.74) is 3.10. The fourth-order valence-electron chi connectivity index (χ4n) is 3.15. The van der Waals surface area contributed by atoms with Crippen molar-refractivity contribution in [2.75, 3.05) is 5.32 Å². The molecule has 2 aromatic heterocycles. The molecule has 0 aliphatic heterocycles. The van der Waals surface area contributed by atoms with Gasteiger partial charge >= 0.3 is 6.36 Å². The predicted octanol–water partition coefficient (Wildman–Crippen LogP) is 6.38. The van der Waals surface area contributed by atoms with Gasteiger partial charge < -0.3 is 14.6 Å². The van der Waals surface area contributed by atoms with Gasteiger partial charge in [0.15, 0.2) is 0 Å². The minimum atomic E-state index is -4.74. The minimum Gasteiger partial charge on any atom is -0.406 e. The standard InChI is InChI=1S/C22H15F3N2O2S/c1-2-21(28)26-14-5-10-19-17(12-14)18(20-4-3-11-30-20)13-27(19)15-6-8-16(9-7-15)29-22(23,24)25/h2-13H,1H2,(H,26,28). The van der Waals surface area contributed by atoms with Crippen LogP contribution in [-0.4, -0.2) is 16.8 Å². The summed E-state index contributed by atoms with van der Waals surface area (Å²) in [6.07, 6.45) is -1.62. The van der Waals surface area contributed by atoms with E-state index in [1.165, 1.54) is 18.2 Å². The fourth-order valence-corrected chi connectivity index (χ4v) is 3.90. The molecular formula is C22H15F3N2O2S. The molecule has 2 aromatic carbocycles. The lowest BCUT2D eigenvalue weighted by Gasteiger charge is -2.10. The van der Waals surface area contributed by atoms with Crippen LogP contribution in [0.15, 0.2) is 78.8 Å². The van der Waals surface area contributed by atoms with Gasteiger partial charge in [0.1, 0.15) is 5.75 Å². The van der Waals surface area contributed by atoms with Crippen molar-refractivity contribution in [3.63, 3.8) is 0 Å². The molecule has 0 radical (unpaired) electrons. The van der Waals surface area contributed by atoms with Gasteiger partial charge in [0.25, 0.3) is 0 Å². The van der Waals surface area contributed by atoms with Crippen molar-refractivity contribution in [2.45, 2.75) is 6.36 Å². The molecule has 0 spiro atoms. The predicted molar refractivity (Wildman–Crippen MR) is 112 cm³/mol. The zero-order valence-electron chi connectivity index (χ0n) is 15.4. The van der Waals surface area contributed by atoms with Crippen LogP contribution in [0.2, 0.25) is 0 Å². The highest BCUT2D eigenvalue weighted by atomic mass is 32.1. The van der Waals surface area contributed by atoms with E-state index in [4.69, 9.17) is 0 Å². The number of carbonyl (C=O) groups is 1. The van der Waals surface area contributed by atoms with Gasteiger partial charge in [0.05, 0.1) is 5.52 Å². The number of anilines is 1. The van der Waals surface area contributed by atoms with Gasteiger partial charge in [0, 0.05) is 33.4 Å². The molecule has 8 heteroatoms. The molecule has 0 saturated heterocycles. The number of ether oxygens (including phenoxy) is 1. The summed E-state index contributed by atoms with van der Waals surface area (Å²) in [5, 5.41) is 5.61. The van der Waals surface area contributed by atoms with Gasteiger partial charge in [-0.1, -0.05) is 12.6 Å². The van der Waals surface area contributed by atoms with Gasteiger partial charge in [-0.25, -0.2) is 0 Å². The topological polar surface area (TPSA) is 43.3 Å². The first-order valence-corrected chi connectivity index (χ1v) is 9.70. The van der Waals surface area contributed by atoms with E-state index in [0.717, 1.165) is 21.3 Å². The van der Waals surface area contributed by atoms with Crippen molar-refractivity contribution in [3.05, 3.63) is 78.8 Å². The molecule has 4 aromatic rings. The quantitative estimate of drug-likeness (QED) is 0.375. The molecule has 0 saturated carbocycles. The number of nitrogens with one attached hydrogen (secondary N) is 1. The summed E-state index contributed by atoms with van der Waals surface area (Å²) in [5.74, 6) is -0.595. The number of hydrogen-bond acceptors (Lipinski definition) is 3. The van der Waals surface area contributed by atoms with Crippen LogP contribution in [0.3, 0.4) is 0 Å². The Bertz CT molecular complexity index is 1210. The maximum atomic E-state index is 12.4. The largest absolute Gasteiger partial charge is 0.573 e. The highest BCUT2D eigenvalue weighted by Gasteiger charge is 2.31. The Morgan fingerprint density at radius 1 is 1.13 bits per heavy atom. The first kappa shape index (κ1) is 19.8. The smallest absolute Gasteiger partial charge is 0.406 e. The number of hydrogen-bond donors (Lipinski definition) is 1. The Balaban J connectivity index is 1.80. The zero-order valence-corrected chi connectivity index (χ0v) is 16.3. The number of halogens is 3. The molecule has 1 N–H and O–H groups in total. The highest BCUT2D eigenvalue weighted by molar-refractivity contribution is 7.13. The summed E-state index contributed by atoms with van der Waals surface area (Å²) in [7, 11) is 0. The average molecular weight is 428 g/mol. The zero-order chi connectivity index (χ0) is 21.3. The van der Waals surface area contributed by atoms with Crippen LogP contribution in [0, 0.1) is 0 Å². The molecule has 2 heterocycles. The molecular weight excluding hydrogens is 413 g/mol. The van der Waals surface area contributed by atoms with Crippen LogP contribution in [-0.2, 0) is 4.79 Å². The fraction of sp³-hybridized carbons (Fsp3) is 0.0455. The van der Waals surface area contributed by atoms with Crippen molar-refractivity contribution in [1.82, 2.24) is 4.57 Å². The summed E-state index contributed by atoms with van der Waals surface area (Å²) >= 11 is 1.57. The molecule has 4 nitrogen and oxygen atoms in total. The Kier molecular flexibility index (Phi) is 5.09. The van der Waals surface area contributed by atoms with Crippen LogP contribution in [0.5, 0.6) is 5.75 Å². The van der Waals surface area contributed by atoms with Crippen LogP contribution in [0.1, 0.15) is 0 Å². The van der Waals surface area contributed by atoms with E-state index in [1.54, 1.807) is 29.5 Å². The van der Waals surface area contributed by atoms with Gasteiger partial charge in [-0.2, -0.15) is 0 Å². The number of rotatable bonds is 5. The second-order valence-corrected chi connectivity index (χ2v) is 7.30. The van der Waals surface area contributed by atoms with E-state index in [2.05, 4.69) is 16.6 Å². The van der Waals surface area contributed by atoms with Crippen molar-refractivity contribution < 1.29 is 22.7 Å². The number of alkyl halides is 3. The van der Waals surface area contributed by atoms with E-state index in [0.29, 0.717) is 11.4 Å². The van der Waals surface area contributed by atoms with Gasteiger partial charge in [-0.15, -0.1) is 24.5 Å². The maximum Gasteiger partial charge on any atom is 0.573 e. The van der Waals surface area contributed by atoms with Crippen LogP contribution >= 0.6 is 11.3 Å². The molecule has 0 atom stereocenters. The number of amides is 1. The summed E-state index contributed by atoms with van der Waals surface area (Å²) in [6.45, 7) is 3.46. The van der Waals surface area contributed by atoms with E-state index in [9.17, 15) is 18.0 Å². The molecule has 0 aliphatic carbocycles. The van der Waals surface area contributed by atoms with Crippen molar-refractivity contribution >= 4 is 33.8 Å². The molecule has 30 heavy (non-hydrogen) atoms. The van der Waals surface area contributed by atoms with Gasteiger partial charge in [0.2, 0.25) is 5.91 Å². The Labute approximate surface area is 173 Å². The minimum absolute atomic E-state index is 0.282. The molecule has 4 rings (SSSR count). The average Bonchev–Trinajstić information content (AvgIpc) is 3.35. The third-order valence-electron chi connectivity index (χ3n) is 4.39.